The van der Waals surface area contributed by atoms with Crippen LogP contribution in [0.3, 0.4) is 0 Å². The zero-order chi connectivity index (χ0) is 14.6. The van der Waals surface area contributed by atoms with Crippen molar-refractivity contribution in [2.24, 2.45) is 0 Å². The van der Waals surface area contributed by atoms with E-state index in [0.29, 0.717) is 0 Å². The molecule has 0 unspecified atom stereocenters. The van der Waals surface area contributed by atoms with Gasteiger partial charge in [-0.2, -0.15) is 13.2 Å². The van der Waals surface area contributed by atoms with Crippen LogP contribution < -0.4 is 4.90 Å². The van der Waals surface area contributed by atoms with Crippen molar-refractivity contribution in [3.8, 4) is 0 Å². The standard InChI is InChI=1S/C13H18F3N3O/c14-13(15,16)11-6-7-17-12(18-11)19(8-9-20)10-4-2-1-3-5-10/h6-7,10,20H,1-5,8-9H2. The van der Waals surface area contributed by atoms with Crippen molar-refractivity contribution < 1.29 is 18.3 Å². The van der Waals surface area contributed by atoms with Crippen LogP contribution in [0.5, 0.6) is 0 Å². The minimum atomic E-state index is -4.48. The summed E-state index contributed by atoms with van der Waals surface area (Å²) in [5.74, 6) is 0.0563. The van der Waals surface area contributed by atoms with Crippen molar-refractivity contribution in [3.63, 3.8) is 0 Å². The molecule has 1 saturated carbocycles. The van der Waals surface area contributed by atoms with Crippen LogP contribution in [0.25, 0.3) is 0 Å². The summed E-state index contributed by atoms with van der Waals surface area (Å²) < 4.78 is 38.1. The molecule has 1 heterocycles. The van der Waals surface area contributed by atoms with E-state index in [1.165, 1.54) is 0 Å². The molecule has 112 valence electrons. The van der Waals surface area contributed by atoms with Gasteiger partial charge in [-0.15, -0.1) is 0 Å². The molecule has 1 aliphatic carbocycles. The number of aromatic nitrogens is 2. The van der Waals surface area contributed by atoms with E-state index >= 15 is 0 Å². The van der Waals surface area contributed by atoms with E-state index in [1.54, 1.807) is 4.90 Å². The molecular weight excluding hydrogens is 271 g/mol. The van der Waals surface area contributed by atoms with E-state index in [0.717, 1.165) is 44.4 Å². The first-order chi connectivity index (χ1) is 9.52. The topological polar surface area (TPSA) is 49.2 Å². The largest absolute Gasteiger partial charge is 0.433 e. The summed E-state index contributed by atoms with van der Waals surface area (Å²) in [6.45, 7) is 0.127. The molecule has 0 aromatic carbocycles. The Bertz CT molecular complexity index is 433. The third-order valence-electron chi connectivity index (χ3n) is 3.55. The van der Waals surface area contributed by atoms with Gasteiger partial charge in [-0.3, -0.25) is 0 Å². The zero-order valence-electron chi connectivity index (χ0n) is 11.1. The molecule has 4 nitrogen and oxygen atoms in total. The molecule has 2 rings (SSSR count). The van der Waals surface area contributed by atoms with Gasteiger partial charge in [-0.1, -0.05) is 19.3 Å². The summed E-state index contributed by atoms with van der Waals surface area (Å²) >= 11 is 0. The fraction of sp³-hybridized carbons (Fsp3) is 0.692. The number of nitrogens with zero attached hydrogens (tertiary/aromatic N) is 3. The van der Waals surface area contributed by atoms with Crippen LogP contribution in [0.1, 0.15) is 37.8 Å². The number of hydrogen-bond donors (Lipinski definition) is 1. The van der Waals surface area contributed by atoms with E-state index in [1.807, 2.05) is 0 Å². The highest BCUT2D eigenvalue weighted by Gasteiger charge is 2.34. The highest BCUT2D eigenvalue weighted by molar-refractivity contribution is 5.33. The van der Waals surface area contributed by atoms with Crippen LogP contribution >= 0.6 is 0 Å². The van der Waals surface area contributed by atoms with E-state index in [2.05, 4.69) is 9.97 Å². The first kappa shape index (κ1) is 15.0. The Morgan fingerprint density at radius 2 is 1.95 bits per heavy atom. The van der Waals surface area contributed by atoms with Gasteiger partial charge in [0.1, 0.15) is 5.69 Å². The van der Waals surface area contributed by atoms with Gasteiger partial charge in [0, 0.05) is 18.8 Å². The maximum Gasteiger partial charge on any atom is 0.433 e. The molecule has 0 bridgehead atoms. The Hall–Kier alpha value is -1.37. The SMILES string of the molecule is OCCN(c1nccc(C(F)(F)F)n1)C1CCCCC1. The molecule has 1 aliphatic rings. The number of hydrogen-bond acceptors (Lipinski definition) is 4. The van der Waals surface area contributed by atoms with E-state index in [-0.39, 0.29) is 25.1 Å². The normalized spacial score (nSPS) is 17.2. The monoisotopic (exact) mass is 289 g/mol. The van der Waals surface area contributed by atoms with Crippen molar-refractivity contribution in [3.05, 3.63) is 18.0 Å². The molecule has 0 saturated heterocycles. The lowest BCUT2D eigenvalue weighted by Crippen LogP contribution is -2.40. The first-order valence-electron chi connectivity index (χ1n) is 6.80. The van der Waals surface area contributed by atoms with Crippen molar-refractivity contribution in [1.29, 1.82) is 0 Å². The Labute approximate surface area is 115 Å². The van der Waals surface area contributed by atoms with Gasteiger partial charge < -0.3 is 10.0 Å². The van der Waals surface area contributed by atoms with E-state index in [4.69, 9.17) is 5.11 Å². The molecule has 1 aromatic rings. The summed E-state index contributed by atoms with van der Waals surface area (Å²) in [5.41, 5.74) is -0.943. The van der Waals surface area contributed by atoms with Crippen LogP contribution in [-0.2, 0) is 6.18 Å². The minimum absolute atomic E-state index is 0.0563. The maximum atomic E-state index is 12.7. The molecule has 0 radical (unpaired) electrons. The number of alkyl halides is 3. The van der Waals surface area contributed by atoms with Gasteiger partial charge in [-0.25, -0.2) is 9.97 Å². The smallest absolute Gasteiger partial charge is 0.395 e. The second-order valence-corrected chi connectivity index (χ2v) is 4.95. The van der Waals surface area contributed by atoms with Crippen molar-refractivity contribution in [2.75, 3.05) is 18.1 Å². The third kappa shape index (κ3) is 3.59. The third-order valence-corrected chi connectivity index (χ3v) is 3.55. The Morgan fingerprint density at radius 3 is 2.55 bits per heavy atom. The molecule has 0 aliphatic heterocycles. The first-order valence-corrected chi connectivity index (χ1v) is 6.80. The molecule has 20 heavy (non-hydrogen) atoms. The number of rotatable bonds is 4. The molecule has 7 heteroatoms. The van der Waals surface area contributed by atoms with Crippen LogP contribution in [0, 0.1) is 0 Å². The fourth-order valence-electron chi connectivity index (χ4n) is 2.59. The average molecular weight is 289 g/mol. The van der Waals surface area contributed by atoms with Gasteiger partial charge in [0.15, 0.2) is 0 Å². The summed E-state index contributed by atoms with van der Waals surface area (Å²) in [4.78, 5) is 9.27. The van der Waals surface area contributed by atoms with Gasteiger partial charge in [0.05, 0.1) is 6.61 Å². The number of halogens is 3. The predicted molar refractivity (Wildman–Crippen MR) is 68.3 cm³/mol. The Morgan fingerprint density at radius 1 is 1.25 bits per heavy atom. The average Bonchev–Trinajstić information content (AvgIpc) is 2.45. The summed E-state index contributed by atoms with van der Waals surface area (Å²) in [5, 5.41) is 9.14. The van der Waals surface area contributed by atoms with Gasteiger partial charge >= 0.3 is 6.18 Å². The van der Waals surface area contributed by atoms with Crippen molar-refractivity contribution in [1.82, 2.24) is 9.97 Å². The lowest BCUT2D eigenvalue weighted by atomic mass is 9.94. The van der Waals surface area contributed by atoms with E-state index in [9.17, 15) is 13.2 Å². The molecule has 1 fully saturated rings. The second kappa shape index (κ2) is 6.39. The fourth-order valence-corrected chi connectivity index (χ4v) is 2.59. The molecule has 1 aromatic heterocycles. The number of anilines is 1. The van der Waals surface area contributed by atoms with Crippen LogP contribution in [0.4, 0.5) is 19.1 Å². The summed E-state index contributed by atoms with van der Waals surface area (Å²) in [6, 6.07) is 0.973. The lowest BCUT2D eigenvalue weighted by Gasteiger charge is -2.34. The van der Waals surface area contributed by atoms with Crippen molar-refractivity contribution in [2.45, 2.75) is 44.3 Å². The lowest BCUT2D eigenvalue weighted by molar-refractivity contribution is -0.141. The summed E-state index contributed by atoms with van der Waals surface area (Å²) in [7, 11) is 0. The molecular formula is C13H18F3N3O. The zero-order valence-corrected chi connectivity index (χ0v) is 11.1. The van der Waals surface area contributed by atoms with Gasteiger partial charge in [0.2, 0.25) is 5.95 Å². The predicted octanol–water partition coefficient (Wildman–Crippen LogP) is 2.63. The minimum Gasteiger partial charge on any atom is -0.395 e. The molecule has 0 atom stereocenters. The van der Waals surface area contributed by atoms with Crippen molar-refractivity contribution >= 4 is 5.95 Å². The Balaban J connectivity index is 2.24. The van der Waals surface area contributed by atoms with Gasteiger partial charge in [0.25, 0.3) is 0 Å². The van der Waals surface area contributed by atoms with E-state index < -0.39 is 11.9 Å². The second-order valence-electron chi connectivity index (χ2n) is 4.95. The quantitative estimate of drug-likeness (QED) is 0.925. The molecule has 0 spiro atoms. The van der Waals surface area contributed by atoms with Crippen LogP contribution in [-0.4, -0.2) is 34.3 Å². The summed E-state index contributed by atoms with van der Waals surface area (Å²) in [6.07, 6.45) is 1.69. The Kier molecular flexibility index (Phi) is 4.80. The highest BCUT2D eigenvalue weighted by Crippen LogP contribution is 2.30. The van der Waals surface area contributed by atoms with Gasteiger partial charge in [-0.05, 0) is 18.9 Å². The maximum absolute atomic E-state index is 12.7. The number of aliphatic hydroxyl groups is 1. The van der Waals surface area contributed by atoms with Crippen LogP contribution in [0.2, 0.25) is 0 Å². The molecule has 0 amide bonds. The molecule has 1 N–H and O–H groups in total. The van der Waals surface area contributed by atoms with Crippen LogP contribution in [0.15, 0.2) is 12.3 Å². The number of aliphatic hydroxyl groups excluding tert-OH is 1. The highest BCUT2D eigenvalue weighted by atomic mass is 19.4.